The summed E-state index contributed by atoms with van der Waals surface area (Å²) >= 11 is 0. The van der Waals surface area contributed by atoms with Crippen LogP contribution in [0.15, 0.2) is 72.9 Å². The average molecular weight is 455 g/mol. The number of nitrogens with zero attached hydrogens (tertiary/aromatic N) is 1. The number of rotatable bonds is 5. The molecular formula is C23H16F3N3O4. The van der Waals surface area contributed by atoms with Crippen LogP contribution >= 0.6 is 0 Å². The van der Waals surface area contributed by atoms with E-state index in [1.54, 1.807) is 36.4 Å². The molecule has 0 spiro atoms. The van der Waals surface area contributed by atoms with Crippen molar-refractivity contribution in [1.29, 1.82) is 0 Å². The van der Waals surface area contributed by atoms with Crippen LogP contribution in [-0.4, -0.2) is 26.1 Å². The zero-order valence-electron chi connectivity index (χ0n) is 16.7. The lowest BCUT2D eigenvalue weighted by molar-refractivity contribution is -0.137. The van der Waals surface area contributed by atoms with Crippen molar-refractivity contribution >= 4 is 11.6 Å². The van der Waals surface area contributed by atoms with Crippen LogP contribution < -0.4 is 10.1 Å². The number of hydrogen-bond acceptors (Lipinski definition) is 5. The van der Waals surface area contributed by atoms with Crippen LogP contribution in [-0.2, 0) is 6.18 Å². The number of hydrogen-bond donors (Lipinski definition) is 4. The summed E-state index contributed by atoms with van der Waals surface area (Å²) in [6, 6.07) is 16.6. The van der Waals surface area contributed by atoms with Gasteiger partial charge in [-0.15, -0.1) is 0 Å². The first-order valence-electron chi connectivity index (χ1n) is 9.54. The highest BCUT2D eigenvalue weighted by molar-refractivity contribution is 6.09. The monoisotopic (exact) mass is 455 g/mol. The number of H-pyrrole nitrogens is 1. The first kappa shape index (κ1) is 21.8. The van der Waals surface area contributed by atoms with Gasteiger partial charge in [0.15, 0.2) is 5.75 Å². The second-order valence-electron chi connectivity index (χ2n) is 6.91. The quantitative estimate of drug-likeness (QED) is 0.316. The fraction of sp³-hybridized carbons (Fsp3) is 0.0435. The number of ether oxygens (including phenoxy) is 1. The zero-order valence-corrected chi connectivity index (χ0v) is 16.7. The molecule has 4 aromatic rings. The highest BCUT2D eigenvalue weighted by Gasteiger charge is 2.30. The number of benzene rings is 2. The van der Waals surface area contributed by atoms with E-state index < -0.39 is 29.3 Å². The number of aromatic nitrogens is 2. The highest BCUT2D eigenvalue weighted by atomic mass is 19.4. The minimum Gasteiger partial charge on any atom is -0.505 e. The third-order valence-corrected chi connectivity index (χ3v) is 4.62. The van der Waals surface area contributed by atoms with Gasteiger partial charge >= 0.3 is 6.18 Å². The fourth-order valence-corrected chi connectivity index (χ4v) is 3.07. The number of halogens is 3. The van der Waals surface area contributed by atoms with Crippen LogP contribution in [0.2, 0.25) is 0 Å². The van der Waals surface area contributed by atoms with Crippen LogP contribution in [0.25, 0.3) is 11.3 Å². The summed E-state index contributed by atoms with van der Waals surface area (Å²) in [4.78, 5) is 18.9. The fourth-order valence-electron chi connectivity index (χ4n) is 3.07. The third-order valence-electron chi connectivity index (χ3n) is 4.62. The van der Waals surface area contributed by atoms with Gasteiger partial charge in [0.25, 0.3) is 5.91 Å². The smallest absolute Gasteiger partial charge is 0.417 e. The van der Waals surface area contributed by atoms with Gasteiger partial charge in [-0.25, -0.2) is 4.98 Å². The summed E-state index contributed by atoms with van der Waals surface area (Å²) in [6.45, 7) is 0. The Hall–Kier alpha value is -4.47. The lowest BCUT2D eigenvalue weighted by Gasteiger charge is -2.10. The molecule has 4 rings (SSSR count). The SMILES string of the molecule is O=C(Nc1cccc(Oc2ccc(C(F)(F)F)cn2)c1)c1c(O)[nH]c(-c2ccccc2)c1O. The topological polar surface area (TPSA) is 107 Å². The van der Waals surface area contributed by atoms with Crippen LogP contribution in [0.1, 0.15) is 15.9 Å². The number of carbonyl (C=O) groups is 1. The molecule has 2 heterocycles. The molecule has 0 unspecified atom stereocenters. The van der Waals surface area contributed by atoms with E-state index in [0.29, 0.717) is 11.8 Å². The number of amides is 1. The molecular weight excluding hydrogens is 439 g/mol. The molecule has 0 fully saturated rings. The van der Waals surface area contributed by atoms with E-state index in [1.807, 2.05) is 0 Å². The van der Waals surface area contributed by atoms with Crippen LogP contribution in [0, 0.1) is 0 Å². The molecule has 0 saturated heterocycles. The number of carbonyl (C=O) groups excluding carboxylic acids is 1. The molecule has 2 aromatic carbocycles. The molecule has 2 aromatic heterocycles. The van der Waals surface area contributed by atoms with E-state index in [0.717, 1.165) is 12.1 Å². The first-order valence-corrected chi connectivity index (χ1v) is 9.54. The molecule has 4 N–H and O–H groups in total. The second kappa shape index (κ2) is 8.58. The molecule has 0 aliphatic heterocycles. The molecule has 0 bridgehead atoms. The summed E-state index contributed by atoms with van der Waals surface area (Å²) in [5.41, 5.74) is -0.236. The van der Waals surface area contributed by atoms with Crippen LogP contribution in [0.4, 0.5) is 18.9 Å². The largest absolute Gasteiger partial charge is 0.505 e. The number of nitrogens with one attached hydrogen (secondary N) is 2. The van der Waals surface area contributed by atoms with Gasteiger partial charge in [-0.2, -0.15) is 13.2 Å². The standard InChI is InChI=1S/C23H16F3N3O4/c24-23(25,26)14-9-10-17(27-12-14)33-16-8-4-7-15(11-16)28-21(31)18-20(30)19(29-22(18)32)13-5-2-1-3-6-13/h1-12,29-30,32H,(H,28,31). The van der Waals surface area contributed by atoms with Crippen molar-refractivity contribution in [2.45, 2.75) is 6.18 Å². The Morgan fingerprint density at radius 2 is 1.76 bits per heavy atom. The molecule has 33 heavy (non-hydrogen) atoms. The molecule has 10 heteroatoms. The van der Waals surface area contributed by atoms with Gasteiger partial charge in [0.2, 0.25) is 11.8 Å². The highest BCUT2D eigenvalue weighted by Crippen LogP contribution is 2.38. The lowest BCUT2D eigenvalue weighted by atomic mass is 10.1. The summed E-state index contributed by atoms with van der Waals surface area (Å²) in [7, 11) is 0. The maximum Gasteiger partial charge on any atom is 0.417 e. The number of pyridine rings is 1. The Kier molecular flexibility index (Phi) is 5.65. The molecule has 0 radical (unpaired) electrons. The van der Waals surface area contributed by atoms with Crippen molar-refractivity contribution in [3.05, 3.63) is 84.1 Å². The Morgan fingerprint density at radius 3 is 2.42 bits per heavy atom. The van der Waals surface area contributed by atoms with Gasteiger partial charge in [0.05, 0.1) is 11.3 Å². The molecule has 1 amide bonds. The average Bonchev–Trinajstić information content (AvgIpc) is 3.08. The van der Waals surface area contributed by atoms with E-state index in [2.05, 4.69) is 15.3 Å². The van der Waals surface area contributed by atoms with Crippen molar-refractivity contribution in [3.8, 4) is 34.5 Å². The first-order chi connectivity index (χ1) is 15.7. The van der Waals surface area contributed by atoms with Crippen molar-refractivity contribution in [2.75, 3.05) is 5.32 Å². The van der Waals surface area contributed by atoms with Gasteiger partial charge in [-0.1, -0.05) is 36.4 Å². The minimum atomic E-state index is -4.51. The van der Waals surface area contributed by atoms with E-state index in [-0.39, 0.29) is 28.6 Å². The Labute approximate surface area is 185 Å². The normalized spacial score (nSPS) is 11.2. The number of alkyl halides is 3. The number of aromatic amines is 1. The van der Waals surface area contributed by atoms with Crippen molar-refractivity contribution in [2.24, 2.45) is 0 Å². The number of aromatic hydroxyl groups is 2. The van der Waals surface area contributed by atoms with E-state index in [1.165, 1.54) is 18.2 Å². The van der Waals surface area contributed by atoms with E-state index in [4.69, 9.17) is 4.74 Å². The predicted molar refractivity (Wildman–Crippen MR) is 113 cm³/mol. The van der Waals surface area contributed by atoms with Crippen molar-refractivity contribution in [3.63, 3.8) is 0 Å². The molecule has 0 atom stereocenters. The van der Waals surface area contributed by atoms with Gasteiger partial charge in [0, 0.05) is 29.6 Å². The molecule has 0 aliphatic carbocycles. The Morgan fingerprint density at radius 1 is 1.00 bits per heavy atom. The summed E-state index contributed by atoms with van der Waals surface area (Å²) < 4.78 is 43.4. The molecule has 7 nitrogen and oxygen atoms in total. The van der Waals surface area contributed by atoms with Crippen LogP contribution in [0.3, 0.4) is 0 Å². The summed E-state index contributed by atoms with van der Waals surface area (Å²) in [5, 5.41) is 23.2. The zero-order chi connectivity index (χ0) is 23.6. The molecule has 168 valence electrons. The van der Waals surface area contributed by atoms with E-state index >= 15 is 0 Å². The van der Waals surface area contributed by atoms with E-state index in [9.17, 15) is 28.2 Å². The summed E-state index contributed by atoms with van der Waals surface area (Å²) in [6.07, 6.45) is -3.85. The minimum absolute atomic E-state index is 0.0695. The number of anilines is 1. The Balaban J connectivity index is 1.51. The predicted octanol–water partition coefficient (Wildman–Crippen LogP) is 5.55. The van der Waals surface area contributed by atoms with Gasteiger partial charge in [-0.3, -0.25) is 4.79 Å². The molecule has 0 aliphatic rings. The Bertz CT molecular complexity index is 1290. The summed E-state index contributed by atoms with van der Waals surface area (Å²) in [5.74, 6) is -1.58. The molecule has 0 saturated carbocycles. The van der Waals surface area contributed by atoms with Gasteiger partial charge < -0.3 is 25.3 Å². The van der Waals surface area contributed by atoms with Gasteiger partial charge in [0.1, 0.15) is 11.3 Å². The van der Waals surface area contributed by atoms with Crippen molar-refractivity contribution in [1.82, 2.24) is 9.97 Å². The van der Waals surface area contributed by atoms with Crippen LogP contribution in [0.5, 0.6) is 23.3 Å². The maximum absolute atomic E-state index is 12.7. The third kappa shape index (κ3) is 4.74. The second-order valence-corrected chi connectivity index (χ2v) is 6.91. The lowest BCUT2D eigenvalue weighted by Crippen LogP contribution is -2.11. The maximum atomic E-state index is 12.7. The van der Waals surface area contributed by atoms with Gasteiger partial charge in [-0.05, 0) is 18.2 Å². The van der Waals surface area contributed by atoms with Crippen molar-refractivity contribution < 1.29 is 32.9 Å².